The minimum absolute atomic E-state index is 0.0907. The Kier molecular flexibility index (Phi) is 3.88. The zero-order valence-electron chi connectivity index (χ0n) is 11.6. The van der Waals surface area contributed by atoms with E-state index in [0.717, 1.165) is 35.9 Å². The Balaban J connectivity index is 2.22. The average molecular weight is 268 g/mol. The van der Waals surface area contributed by atoms with Gasteiger partial charge in [0.15, 0.2) is 0 Å². The lowest BCUT2D eigenvalue weighted by Gasteiger charge is -2.25. The van der Waals surface area contributed by atoms with Gasteiger partial charge in [-0.1, -0.05) is 18.5 Å². The normalized spacial score (nSPS) is 19.3. The van der Waals surface area contributed by atoms with Gasteiger partial charge < -0.3 is 10.1 Å². The van der Waals surface area contributed by atoms with Crippen LogP contribution in [0.25, 0.3) is 0 Å². The van der Waals surface area contributed by atoms with Crippen LogP contribution in [0, 0.1) is 0 Å². The van der Waals surface area contributed by atoms with Gasteiger partial charge >= 0.3 is 0 Å². The SMILES string of the molecule is CC1CCOc2cc(CNC(C)(C)C)c(Cl)cc21. The third-order valence-corrected chi connectivity index (χ3v) is 3.68. The molecule has 1 atom stereocenters. The van der Waals surface area contributed by atoms with Crippen molar-refractivity contribution in [2.75, 3.05) is 6.61 Å². The Morgan fingerprint density at radius 3 is 2.78 bits per heavy atom. The summed E-state index contributed by atoms with van der Waals surface area (Å²) < 4.78 is 5.74. The molecule has 0 fully saturated rings. The van der Waals surface area contributed by atoms with E-state index in [4.69, 9.17) is 16.3 Å². The Bertz CT molecular complexity index is 437. The predicted molar refractivity (Wildman–Crippen MR) is 76.6 cm³/mol. The summed E-state index contributed by atoms with van der Waals surface area (Å²) in [5, 5.41) is 4.29. The molecular formula is C15H22ClNO. The van der Waals surface area contributed by atoms with Gasteiger partial charge in [0.25, 0.3) is 0 Å². The Morgan fingerprint density at radius 2 is 2.11 bits per heavy atom. The summed E-state index contributed by atoms with van der Waals surface area (Å²) in [6.45, 7) is 10.3. The Morgan fingerprint density at radius 1 is 1.39 bits per heavy atom. The summed E-state index contributed by atoms with van der Waals surface area (Å²) in [4.78, 5) is 0. The lowest BCUT2D eigenvalue weighted by Crippen LogP contribution is -2.35. The number of halogens is 1. The Labute approximate surface area is 115 Å². The van der Waals surface area contributed by atoms with Crippen molar-refractivity contribution >= 4 is 11.6 Å². The highest BCUT2D eigenvalue weighted by molar-refractivity contribution is 6.31. The van der Waals surface area contributed by atoms with Crippen molar-refractivity contribution in [2.24, 2.45) is 0 Å². The fourth-order valence-electron chi connectivity index (χ4n) is 2.12. The van der Waals surface area contributed by atoms with Crippen LogP contribution in [0.1, 0.15) is 51.2 Å². The van der Waals surface area contributed by atoms with E-state index < -0.39 is 0 Å². The molecule has 0 saturated carbocycles. The maximum absolute atomic E-state index is 6.36. The molecule has 1 aromatic rings. The fraction of sp³-hybridized carbons (Fsp3) is 0.600. The molecule has 1 N–H and O–H groups in total. The minimum Gasteiger partial charge on any atom is -0.493 e. The second kappa shape index (κ2) is 5.10. The van der Waals surface area contributed by atoms with E-state index in [-0.39, 0.29) is 5.54 Å². The number of hydrogen-bond donors (Lipinski definition) is 1. The van der Waals surface area contributed by atoms with E-state index in [0.29, 0.717) is 5.92 Å². The van der Waals surface area contributed by atoms with Crippen LogP contribution < -0.4 is 10.1 Å². The van der Waals surface area contributed by atoms with Gasteiger partial charge in [0.2, 0.25) is 0 Å². The molecule has 2 rings (SSSR count). The average Bonchev–Trinajstić information content (AvgIpc) is 2.27. The van der Waals surface area contributed by atoms with E-state index in [1.165, 1.54) is 5.56 Å². The number of ether oxygens (including phenoxy) is 1. The molecule has 0 aliphatic carbocycles. The lowest BCUT2D eigenvalue weighted by atomic mass is 9.94. The second-order valence-electron chi connectivity index (χ2n) is 6.12. The van der Waals surface area contributed by atoms with E-state index in [1.54, 1.807) is 0 Å². The first kappa shape index (κ1) is 13.7. The van der Waals surface area contributed by atoms with Crippen molar-refractivity contribution in [1.82, 2.24) is 5.32 Å². The van der Waals surface area contributed by atoms with Gasteiger partial charge in [-0.3, -0.25) is 0 Å². The maximum Gasteiger partial charge on any atom is 0.123 e. The molecule has 100 valence electrons. The van der Waals surface area contributed by atoms with Crippen LogP contribution in [0.5, 0.6) is 5.75 Å². The van der Waals surface area contributed by atoms with Crippen LogP contribution in [0.2, 0.25) is 5.02 Å². The summed E-state index contributed by atoms with van der Waals surface area (Å²) in [5.41, 5.74) is 2.44. The van der Waals surface area contributed by atoms with Gasteiger partial charge in [-0.05, 0) is 56.4 Å². The highest BCUT2D eigenvalue weighted by Crippen LogP contribution is 2.37. The first-order chi connectivity index (χ1) is 8.37. The quantitative estimate of drug-likeness (QED) is 0.871. The summed E-state index contributed by atoms with van der Waals surface area (Å²) in [7, 11) is 0. The molecule has 3 heteroatoms. The molecule has 0 bridgehead atoms. The van der Waals surface area contributed by atoms with E-state index >= 15 is 0 Å². The van der Waals surface area contributed by atoms with E-state index in [9.17, 15) is 0 Å². The van der Waals surface area contributed by atoms with Crippen molar-refractivity contribution in [3.8, 4) is 5.75 Å². The summed E-state index contributed by atoms with van der Waals surface area (Å²) in [6.07, 6.45) is 1.07. The van der Waals surface area contributed by atoms with Gasteiger partial charge in [-0.25, -0.2) is 0 Å². The molecule has 2 nitrogen and oxygen atoms in total. The molecule has 0 amide bonds. The molecule has 0 aromatic heterocycles. The van der Waals surface area contributed by atoms with Crippen LogP contribution >= 0.6 is 11.6 Å². The molecule has 18 heavy (non-hydrogen) atoms. The van der Waals surface area contributed by atoms with Gasteiger partial charge in [0.05, 0.1) is 6.61 Å². The second-order valence-corrected chi connectivity index (χ2v) is 6.53. The number of fused-ring (bicyclic) bond motifs is 1. The van der Waals surface area contributed by atoms with Gasteiger partial charge in [-0.15, -0.1) is 0 Å². The van der Waals surface area contributed by atoms with Crippen molar-refractivity contribution in [3.63, 3.8) is 0 Å². The summed E-state index contributed by atoms with van der Waals surface area (Å²) in [6, 6.07) is 4.16. The number of benzene rings is 1. The largest absolute Gasteiger partial charge is 0.493 e. The van der Waals surface area contributed by atoms with E-state index in [2.05, 4.69) is 45.1 Å². The number of nitrogens with one attached hydrogen (secondary N) is 1. The zero-order valence-corrected chi connectivity index (χ0v) is 12.4. The molecule has 1 unspecified atom stereocenters. The van der Waals surface area contributed by atoms with Crippen molar-refractivity contribution in [3.05, 3.63) is 28.3 Å². The van der Waals surface area contributed by atoms with Crippen molar-refractivity contribution < 1.29 is 4.74 Å². The summed E-state index contributed by atoms with van der Waals surface area (Å²) >= 11 is 6.36. The molecule has 0 saturated heterocycles. The van der Waals surface area contributed by atoms with Crippen molar-refractivity contribution in [1.29, 1.82) is 0 Å². The van der Waals surface area contributed by atoms with Crippen LogP contribution in [0.15, 0.2) is 12.1 Å². The van der Waals surface area contributed by atoms with Crippen molar-refractivity contribution in [2.45, 2.75) is 52.1 Å². The molecule has 1 heterocycles. The highest BCUT2D eigenvalue weighted by atomic mass is 35.5. The topological polar surface area (TPSA) is 21.3 Å². The predicted octanol–water partition coefficient (Wildman–Crippen LogP) is 4.11. The smallest absolute Gasteiger partial charge is 0.123 e. The molecule has 0 radical (unpaired) electrons. The fourth-order valence-corrected chi connectivity index (χ4v) is 2.36. The molecule has 1 aromatic carbocycles. The third-order valence-electron chi connectivity index (χ3n) is 3.33. The number of hydrogen-bond acceptors (Lipinski definition) is 2. The highest BCUT2D eigenvalue weighted by Gasteiger charge is 2.20. The third kappa shape index (κ3) is 3.18. The molecular weight excluding hydrogens is 246 g/mol. The lowest BCUT2D eigenvalue weighted by molar-refractivity contribution is 0.271. The first-order valence-corrected chi connectivity index (χ1v) is 6.95. The number of rotatable bonds is 2. The molecule has 1 aliphatic rings. The van der Waals surface area contributed by atoms with Crippen LogP contribution in [-0.2, 0) is 6.54 Å². The first-order valence-electron chi connectivity index (χ1n) is 6.57. The zero-order chi connectivity index (χ0) is 13.3. The van der Waals surface area contributed by atoms with E-state index in [1.807, 2.05) is 0 Å². The monoisotopic (exact) mass is 267 g/mol. The van der Waals surface area contributed by atoms with Crippen LogP contribution in [0.3, 0.4) is 0 Å². The van der Waals surface area contributed by atoms with Gasteiger partial charge in [0.1, 0.15) is 5.75 Å². The molecule has 0 spiro atoms. The molecule has 1 aliphatic heterocycles. The minimum atomic E-state index is 0.0907. The van der Waals surface area contributed by atoms with Crippen LogP contribution in [-0.4, -0.2) is 12.1 Å². The summed E-state index contributed by atoms with van der Waals surface area (Å²) in [5.74, 6) is 1.54. The maximum atomic E-state index is 6.36. The van der Waals surface area contributed by atoms with Crippen LogP contribution in [0.4, 0.5) is 0 Å². The van der Waals surface area contributed by atoms with Gasteiger partial charge in [-0.2, -0.15) is 0 Å². The Hall–Kier alpha value is -0.730. The standard InChI is InChI=1S/C15H22ClNO/c1-10-5-6-18-14-7-11(9-17-15(2,3)4)13(16)8-12(10)14/h7-8,10,17H,5-6,9H2,1-4H3. The van der Waals surface area contributed by atoms with Gasteiger partial charge in [0, 0.05) is 17.1 Å².